The molecule has 7 nitrogen and oxygen atoms in total. The van der Waals surface area contributed by atoms with Crippen LogP contribution in [0.1, 0.15) is 92.4 Å². The van der Waals surface area contributed by atoms with Gasteiger partial charge in [-0.25, -0.2) is 4.79 Å². The Kier molecular flexibility index (Phi) is 9.58. The highest BCUT2D eigenvalue weighted by atomic mass is 16.5. The number of methoxy groups -OCH3 is 1. The van der Waals surface area contributed by atoms with Crippen molar-refractivity contribution >= 4 is 16.7 Å². The molecular weight excluding hydrogens is 602 g/mol. The Morgan fingerprint density at radius 3 is 2.08 bits per heavy atom. The van der Waals surface area contributed by atoms with Crippen molar-refractivity contribution in [3.05, 3.63) is 95.1 Å². The number of nitrogens with one attached hydrogen (secondary N) is 1. The van der Waals surface area contributed by atoms with E-state index in [9.17, 15) is 20.1 Å². The van der Waals surface area contributed by atoms with Crippen molar-refractivity contribution in [2.75, 3.05) is 13.7 Å². The minimum Gasteiger partial charge on any atom is -0.508 e. The van der Waals surface area contributed by atoms with E-state index >= 15 is 0 Å². The second-order valence-electron chi connectivity index (χ2n) is 15.4. The van der Waals surface area contributed by atoms with Gasteiger partial charge in [0.25, 0.3) is 0 Å². The van der Waals surface area contributed by atoms with Crippen LogP contribution in [0.3, 0.4) is 0 Å². The van der Waals surface area contributed by atoms with Crippen LogP contribution in [0.5, 0.6) is 11.5 Å². The van der Waals surface area contributed by atoms with E-state index in [1.54, 1.807) is 31.4 Å². The molecule has 0 spiro atoms. The number of β-amino-alcohol motifs (C(OH)–C–C–N with tert-alkyl or cyclic N) is 1. The summed E-state index contributed by atoms with van der Waals surface area (Å²) in [5.41, 5.74) is 5.46. The third-order valence-corrected chi connectivity index (χ3v) is 10.7. The number of carbonyl (C=O) groups is 1. The van der Waals surface area contributed by atoms with Crippen LogP contribution >= 0.6 is 0 Å². The van der Waals surface area contributed by atoms with Gasteiger partial charge in [0, 0.05) is 23.2 Å². The maximum absolute atomic E-state index is 11.3. The molecule has 4 saturated carbocycles. The first-order valence-electron chi connectivity index (χ1n) is 17.2. The van der Waals surface area contributed by atoms with E-state index in [0.717, 1.165) is 34.3 Å². The lowest BCUT2D eigenvalue weighted by Gasteiger charge is -2.57. The van der Waals surface area contributed by atoms with E-state index in [-0.39, 0.29) is 23.3 Å². The summed E-state index contributed by atoms with van der Waals surface area (Å²) in [6, 6.07) is 23.1. The Morgan fingerprint density at radius 2 is 1.48 bits per heavy atom. The minimum atomic E-state index is -0.888. The van der Waals surface area contributed by atoms with Gasteiger partial charge in [0.05, 0.1) is 25.4 Å². The molecule has 7 heteroatoms. The van der Waals surface area contributed by atoms with Crippen LogP contribution in [0.25, 0.3) is 21.9 Å². The first-order chi connectivity index (χ1) is 22.9. The number of rotatable bonds is 8. The zero-order valence-corrected chi connectivity index (χ0v) is 28.5. The smallest absolute Gasteiger partial charge is 0.335 e. The van der Waals surface area contributed by atoms with E-state index in [0.29, 0.717) is 23.2 Å². The topological polar surface area (TPSA) is 119 Å². The fraction of sp³-hybridized carbons (Fsp3) is 0.439. The van der Waals surface area contributed by atoms with Crippen LogP contribution in [-0.4, -0.2) is 45.6 Å². The van der Waals surface area contributed by atoms with E-state index < -0.39 is 12.1 Å². The van der Waals surface area contributed by atoms with Crippen molar-refractivity contribution in [2.45, 2.75) is 83.0 Å². The summed E-state index contributed by atoms with van der Waals surface area (Å²) in [6.07, 6.45) is 7.59. The van der Waals surface area contributed by atoms with E-state index in [4.69, 9.17) is 9.84 Å². The molecule has 0 aliphatic heterocycles. The summed E-state index contributed by atoms with van der Waals surface area (Å²) in [6.45, 7) is 6.26. The average molecular weight is 652 g/mol. The second kappa shape index (κ2) is 13.5. The Hall–Kier alpha value is -3.91. The monoisotopic (exact) mass is 651 g/mol. The Labute approximate surface area is 283 Å². The number of carboxylic acids is 1. The summed E-state index contributed by atoms with van der Waals surface area (Å²) in [5, 5.41) is 42.9. The van der Waals surface area contributed by atoms with Gasteiger partial charge in [0.2, 0.25) is 0 Å². The number of benzene rings is 4. The first kappa shape index (κ1) is 34.0. The lowest BCUT2D eigenvalue weighted by atomic mass is 9.48. The summed E-state index contributed by atoms with van der Waals surface area (Å²) >= 11 is 0. The van der Waals surface area contributed by atoms with Gasteiger partial charge in [0.15, 0.2) is 0 Å². The number of aromatic carboxylic acids is 1. The number of aromatic hydroxyl groups is 1. The van der Waals surface area contributed by atoms with Gasteiger partial charge < -0.3 is 30.5 Å². The molecule has 254 valence electrons. The highest BCUT2D eigenvalue weighted by Gasteiger charge is 2.52. The average Bonchev–Trinajstić information content (AvgIpc) is 3.06. The number of hydrogen-bond acceptors (Lipinski definition) is 6. The SMILES string of the molecule is CC(C)(C)NCC(O)c1ccc(O)c(CO)c1.COc1ccc(-c2ccc3cc(C(=O)O)ccc3c2)cc1C12CC3CC(CC(C3)C1)C2. The van der Waals surface area contributed by atoms with Crippen LogP contribution in [0.2, 0.25) is 0 Å². The third kappa shape index (κ3) is 7.24. The fourth-order valence-electron chi connectivity index (χ4n) is 8.76. The van der Waals surface area contributed by atoms with E-state index in [1.807, 2.05) is 32.9 Å². The molecule has 1 unspecified atom stereocenters. The Morgan fingerprint density at radius 1 is 0.875 bits per heavy atom. The lowest BCUT2D eigenvalue weighted by Crippen LogP contribution is -2.48. The second-order valence-corrected chi connectivity index (χ2v) is 15.4. The van der Waals surface area contributed by atoms with Crippen LogP contribution in [-0.2, 0) is 12.0 Å². The number of aliphatic hydroxyl groups is 2. The van der Waals surface area contributed by atoms with Gasteiger partial charge in [-0.1, -0.05) is 30.3 Å². The molecule has 0 heterocycles. The van der Waals surface area contributed by atoms with Crippen molar-refractivity contribution < 1.29 is 30.0 Å². The summed E-state index contributed by atoms with van der Waals surface area (Å²) in [4.78, 5) is 11.3. The molecule has 4 aliphatic carbocycles. The lowest BCUT2D eigenvalue weighted by molar-refractivity contribution is -0.00613. The van der Waals surface area contributed by atoms with Crippen LogP contribution < -0.4 is 10.1 Å². The predicted molar refractivity (Wildman–Crippen MR) is 189 cm³/mol. The van der Waals surface area contributed by atoms with Crippen molar-refractivity contribution in [1.29, 1.82) is 0 Å². The Bertz CT molecular complexity index is 1750. The maximum atomic E-state index is 11.3. The number of hydrogen-bond donors (Lipinski definition) is 5. The van der Waals surface area contributed by atoms with Crippen molar-refractivity contribution in [3.63, 3.8) is 0 Å². The summed E-state index contributed by atoms with van der Waals surface area (Å²) in [7, 11) is 1.80. The first-order valence-corrected chi connectivity index (χ1v) is 17.2. The fourth-order valence-corrected chi connectivity index (χ4v) is 8.76. The quantitative estimate of drug-likeness (QED) is 0.131. The molecule has 5 N–H and O–H groups in total. The standard InChI is InChI=1S/C28H28O3.C13H21NO3/c1-31-26-7-6-23(21-2-3-22-12-24(27(29)30)5-4-20(22)11-21)13-25(26)28-14-17-8-18(15-28)10-19(9-17)16-28;1-13(2,3)14-7-12(17)9-4-5-11(16)10(6-9)8-15/h2-7,11-13,17-19H,8-10,14-16H2,1H3,(H,29,30);4-6,12,14-17H,7-8H2,1-3H3. The molecule has 0 aromatic heterocycles. The highest BCUT2D eigenvalue weighted by molar-refractivity contribution is 5.95. The maximum Gasteiger partial charge on any atom is 0.335 e. The molecule has 4 bridgehead atoms. The molecule has 8 rings (SSSR count). The normalized spacial score (nSPS) is 23.4. The number of phenols is 1. The highest BCUT2D eigenvalue weighted by Crippen LogP contribution is 2.62. The third-order valence-electron chi connectivity index (χ3n) is 10.7. The summed E-state index contributed by atoms with van der Waals surface area (Å²) < 4.78 is 5.88. The van der Waals surface area contributed by atoms with Crippen molar-refractivity contribution in [2.24, 2.45) is 17.8 Å². The number of fused-ring (bicyclic) bond motifs is 1. The van der Waals surface area contributed by atoms with Gasteiger partial charge in [0.1, 0.15) is 11.5 Å². The van der Waals surface area contributed by atoms with Gasteiger partial charge in [-0.05, 0) is 152 Å². The Balaban J connectivity index is 0.000000202. The van der Waals surface area contributed by atoms with Crippen LogP contribution in [0.15, 0.2) is 72.8 Å². The van der Waals surface area contributed by atoms with Gasteiger partial charge in [-0.2, -0.15) is 0 Å². The largest absolute Gasteiger partial charge is 0.508 e. The van der Waals surface area contributed by atoms with Gasteiger partial charge >= 0.3 is 5.97 Å². The number of ether oxygens (including phenoxy) is 1. The van der Waals surface area contributed by atoms with Gasteiger partial charge in [-0.15, -0.1) is 0 Å². The molecule has 0 radical (unpaired) electrons. The van der Waals surface area contributed by atoms with Crippen molar-refractivity contribution in [1.82, 2.24) is 5.32 Å². The van der Waals surface area contributed by atoms with Crippen LogP contribution in [0, 0.1) is 17.8 Å². The van der Waals surface area contributed by atoms with Gasteiger partial charge in [-0.3, -0.25) is 0 Å². The van der Waals surface area contributed by atoms with Crippen molar-refractivity contribution in [3.8, 4) is 22.6 Å². The van der Waals surface area contributed by atoms with Crippen LogP contribution in [0.4, 0.5) is 0 Å². The zero-order chi connectivity index (χ0) is 34.2. The molecule has 4 aromatic rings. The molecule has 4 aliphatic rings. The van der Waals surface area contributed by atoms with E-state index in [1.165, 1.54) is 61.3 Å². The number of aliphatic hydroxyl groups excluding tert-OH is 2. The number of carboxylic acid groups (broad SMARTS) is 1. The molecule has 1 atom stereocenters. The zero-order valence-electron chi connectivity index (χ0n) is 28.5. The summed E-state index contributed by atoms with van der Waals surface area (Å²) in [5.74, 6) is 2.88. The molecule has 0 saturated heterocycles. The molecule has 48 heavy (non-hydrogen) atoms. The predicted octanol–water partition coefficient (Wildman–Crippen LogP) is 7.99. The molecule has 0 amide bonds. The van der Waals surface area contributed by atoms with E-state index in [2.05, 4.69) is 35.6 Å². The molecular formula is C41H49NO6. The minimum absolute atomic E-state index is 0.0484. The molecule has 4 fully saturated rings. The molecule has 4 aromatic carbocycles.